The van der Waals surface area contributed by atoms with Gasteiger partial charge in [0, 0.05) is 33.4 Å². The molecule has 0 saturated heterocycles. The molecule has 1 fully saturated rings. The molecule has 1 saturated carbocycles. The first-order chi connectivity index (χ1) is 12.9. The Bertz CT molecular complexity index is 754. The molecule has 4 nitrogen and oxygen atoms in total. The van der Waals surface area contributed by atoms with Gasteiger partial charge in [0.2, 0.25) is 0 Å². The third kappa shape index (κ3) is 4.79. The van der Waals surface area contributed by atoms with E-state index in [-0.39, 0.29) is 17.9 Å². The molecule has 5 heteroatoms. The number of rotatable bonds is 6. The second-order valence-corrected chi connectivity index (χ2v) is 7.59. The molecule has 0 heterocycles. The molecule has 2 amide bonds. The molecule has 0 bridgehead atoms. The fraction of sp³-hybridized carbons (Fsp3) is 0.409. The third-order valence-electron chi connectivity index (χ3n) is 5.35. The highest BCUT2D eigenvalue weighted by atomic mass is 19.1. The van der Waals surface area contributed by atoms with Crippen molar-refractivity contribution in [2.24, 2.45) is 5.92 Å². The molecule has 144 valence electrons. The smallest absolute Gasteiger partial charge is 0.317 e. The maximum atomic E-state index is 13.3. The molecule has 0 aliphatic heterocycles. The van der Waals surface area contributed by atoms with Crippen molar-refractivity contribution in [3.05, 3.63) is 65.5 Å². The summed E-state index contributed by atoms with van der Waals surface area (Å²) in [7, 11) is 5.81. The second kappa shape index (κ2) is 8.42. The minimum Gasteiger partial charge on any atom is -0.378 e. The van der Waals surface area contributed by atoms with Crippen LogP contribution in [0.15, 0.2) is 48.5 Å². The van der Waals surface area contributed by atoms with E-state index in [1.165, 1.54) is 18.6 Å². The number of carbonyl (C=O) groups is 1. The summed E-state index contributed by atoms with van der Waals surface area (Å²) >= 11 is 0. The van der Waals surface area contributed by atoms with Crippen molar-refractivity contribution in [1.82, 2.24) is 10.2 Å². The summed E-state index contributed by atoms with van der Waals surface area (Å²) in [6.07, 6.45) is 3.38. The van der Waals surface area contributed by atoms with Gasteiger partial charge in [0.15, 0.2) is 0 Å². The number of halogens is 1. The van der Waals surface area contributed by atoms with Gasteiger partial charge in [-0.05, 0) is 54.2 Å². The summed E-state index contributed by atoms with van der Waals surface area (Å²) in [5.41, 5.74) is 3.19. The topological polar surface area (TPSA) is 35.6 Å². The highest BCUT2D eigenvalue weighted by Crippen LogP contribution is 2.37. The van der Waals surface area contributed by atoms with Crippen molar-refractivity contribution in [2.45, 2.75) is 31.8 Å². The van der Waals surface area contributed by atoms with Gasteiger partial charge in [0.1, 0.15) is 5.82 Å². The summed E-state index contributed by atoms with van der Waals surface area (Å²) in [6, 6.07) is 14.5. The highest BCUT2D eigenvalue weighted by Gasteiger charge is 2.30. The quantitative estimate of drug-likeness (QED) is 0.809. The van der Waals surface area contributed by atoms with Crippen LogP contribution in [0.4, 0.5) is 14.9 Å². The van der Waals surface area contributed by atoms with Crippen LogP contribution in [-0.4, -0.2) is 32.1 Å². The van der Waals surface area contributed by atoms with Crippen LogP contribution in [0.2, 0.25) is 0 Å². The van der Waals surface area contributed by atoms with Gasteiger partial charge in [-0.25, -0.2) is 9.18 Å². The van der Waals surface area contributed by atoms with Gasteiger partial charge in [-0.1, -0.05) is 30.7 Å². The second-order valence-electron chi connectivity index (χ2n) is 7.59. The standard InChI is InChI=1S/C22H28FN3O/c1-25(2)20-13-7-16(8-14-20)15-26(3)22(27)24-21(17-5-4-6-17)18-9-11-19(23)12-10-18/h7-14,17,21H,4-6,15H2,1-3H3,(H,24,27). The first-order valence-electron chi connectivity index (χ1n) is 9.47. The average Bonchev–Trinajstić information content (AvgIpc) is 2.60. The number of amides is 2. The number of carbonyl (C=O) groups excluding carboxylic acids is 1. The Labute approximate surface area is 161 Å². The molecule has 0 radical (unpaired) electrons. The molecule has 2 aromatic rings. The molecule has 1 aliphatic rings. The molecule has 3 rings (SSSR count). The first-order valence-corrected chi connectivity index (χ1v) is 9.47. The van der Waals surface area contributed by atoms with Crippen molar-refractivity contribution in [2.75, 3.05) is 26.0 Å². The van der Waals surface area contributed by atoms with Crippen molar-refractivity contribution in [3.8, 4) is 0 Å². The van der Waals surface area contributed by atoms with E-state index in [1.54, 1.807) is 24.1 Å². The van der Waals surface area contributed by atoms with Crippen LogP contribution in [0.25, 0.3) is 0 Å². The van der Waals surface area contributed by atoms with Crippen LogP contribution in [0.5, 0.6) is 0 Å². The fourth-order valence-electron chi connectivity index (χ4n) is 3.41. The van der Waals surface area contributed by atoms with E-state index in [0.29, 0.717) is 12.5 Å². The van der Waals surface area contributed by atoms with E-state index in [0.717, 1.165) is 29.7 Å². The zero-order valence-electron chi connectivity index (χ0n) is 16.3. The number of nitrogens with one attached hydrogen (secondary N) is 1. The number of urea groups is 1. The zero-order chi connectivity index (χ0) is 19.4. The van der Waals surface area contributed by atoms with E-state index in [9.17, 15) is 9.18 Å². The minimum absolute atomic E-state index is 0.0644. The lowest BCUT2D eigenvalue weighted by Crippen LogP contribution is -2.42. The lowest BCUT2D eigenvalue weighted by Gasteiger charge is -2.35. The molecule has 2 aromatic carbocycles. The number of hydrogen-bond acceptors (Lipinski definition) is 2. The minimum atomic E-state index is -0.254. The first kappa shape index (κ1) is 19.2. The Balaban J connectivity index is 1.64. The predicted octanol–water partition coefficient (Wildman–Crippen LogP) is 4.57. The third-order valence-corrected chi connectivity index (χ3v) is 5.35. The van der Waals surface area contributed by atoms with Crippen molar-refractivity contribution in [1.29, 1.82) is 0 Å². The summed E-state index contributed by atoms with van der Waals surface area (Å²) in [6.45, 7) is 0.542. The van der Waals surface area contributed by atoms with Gasteiger partial charge in [0.05, 0.1) is 6.04 Å². The summed E-state index contributed by atoms with van der Waals surface area (Å²) < 4.78 is 13.3. The molecular weight excluding hydrogens is 341 g/mol. The zero-order valence-corrected chi connectivity index (χ0v) is 16.3. The Morgan fingerprint density at radius 3 is 2.22 bits per heavy atom. The predicted molar refractivity (Wildman–Crippen MR) is 107 cm³/mol. The van der Waals surface area contributed by atoms with Crippen molar-refractivity contribution < 1.29 is 9.18 Å². The van der Waals surface area contributed by atoms with Gasteiger partial charge in [-0.2, -0.15) is 0 Å². The Hall–Kier alpha value is -2.56. The molecule has 1 aliphatic carbocycles. The fourth-order valence-corrected chi connectivity index (χ4v) is 3.41. The van der Waals surface area contributed by atoms with E-state index < -0.39 is 0 Å². The lowest BCUT2D eigenvalue weighted by molar-refractivity contribution is 0.182. The Kier molecular flexibility index (Phi) is 5.99. The average molecular weight is 369 g/mol. The van der Waals surface area contributed by atoms with Gasteiger partial charge in [-0.3, -0.25) is 0 Å². The Morgan fingerprint density at radius 1 is 1.07 bits per heavy atom. The number of benzene rings is 2. The van der Waals surface area contributed by atoms with Crippen molar-refractivity contribution in [3.63, 3.8) is 0 Å². The van der Waals surface area contributed by atoms with E-state index in [2.05, 4.69) is 17.4 Å². The maximum absolute atomic E-state index is 13.3. The van der Waals surface area contributed by atoms with Gasteiger partial charge < -0.3 is 15.1 Å². The molecular formula is C22H28FN3O. The van der Waals surface area contributed by atoms with Gasteiger partial charge >= 0.3 is 6.03 Å². The summed E-state index contributed by atoms with van der Waals surface area (Å²) in [5.74, 6) is 0.169. The molecule has 1 unspecified atom stereocenters. The van der Waals surface area contributed by atoms with Crippen LogP contribution >= 0.6 is 0 Å². The molecule has 27 heavy (non-hydrogen) atoms. The lowest BCUT2D eigenvalue weighted by atomic mass is 9.77. The largest absolute Gasteiger partial charge is 0.378 e. The van der Waals surface area contributed by atoms with Crippen LogP contribution in [-0.2, 0) is 6.54 Å². The monoisotopic (exact) mass is 369 g/mol. The molecule has 0 aromatic heterocycles. The van der Waals surface area contributed by atoms with Gasteiger partial charge in [0.25, 0.3) is 0 Å². The molecule has 1 atom stereocenters. The van der Waals surface area contributed by atoms with Crippen LogP contribution in [0.1, 0.15) is 36.4 Å². The van der Waals surface area contributed by atoms with Crippen LogP contribution in [0.3, 0.4) is 0 Å². The van der Waals surface area contributed by atoms with Crippen LogP contribution < -0.4 is 10.2 Å². The number of hydrogen-bond donors (Lipinski definition) is 1. The van der Waals surface area contributed by atoms with E-state index in [1.807, 2.05) is 31.1 Å². The normalized spacial score (nSPS) is 15.0. The van der Waals surface area contributed by atoms with Crippen molar-refractivity contribution >= 4 is 11.7 Å². The van der Waals surface area contributed by atoms with Gasteiger partial charge in [-0.15, -0.1) is 0 Å². The summed E-state index contributed by atoms with van der Waals surface area (Å²) in [4.78, 5) is 16.5. The van der Waals surface area contributed by atoms with Crippen LogP contribution in [0, 0.1) is 11.7 Å². The summed E-state index contributed by atoms with van der Waals surface area (Å²) in [5, 5.41) is 3.16. The number of nitrogens with zero attached hydrogens (tertiary/aromatic N) is 2. The molecule has 1 N–H and O–H groups in total. The highest BCUT2D eigenvalue weighted by molar-refractivity contribution is 5.74. The Morgan fingerprint density at radius 2 is 1.70 bits per heavy atom. The molecule has 0 spiro atoms. The van der Waals surface area contributed by atoms with E-state index >= 15 is 0 Å². The maximum Gasteiger partial charge on any atom is 0.317 e. The number of anilines is 1. The SMILES string of the molecule is CN(Cc1ccc(N(C)C)cc1)C(=O)NC(c1ccc(F)cc1)C1CCC1. The van der Waals surface area contributed by atoms with E-state index in [4.69, 9.17) is 0 Å².